The Labute approximate surface area is 179 Å². The second-order valence-corrected chi connectivity index (χ2v) is 7.60. The number of aryl methyl sites for hydroxylation is 2. The molecule has 0 fully saturated rings. The SMILES string of the molecule is Cc1ccc(-c2nnn(CC(=O)c3c(-c4ccccc4)n(C)c4ccccc34)n2)cc1. The predicted octanol–water partition coefficient (Wildman–Crippen LogP) is 4.69. The van der Waals surface area contributed by atoms with Gasteiger partial charge in [-0.1, -0.05) is 78.4 Å². The second-order valence-electron chi connectivity index (χ2n) is 7.60. The van der Waals surface area contributed by atoms with Crippen LogP contribution in [0.3, 0.4) is 0 Å². The van der Waals surface area contributed by atoms with Gasteiger partial charge in [0.05, 0.1) is 11.3 Å². The van der Waals surface area contributed by atoms with E-state index in [1.165, 1.54) is 4.80 Å². The molecule has 5 rings (SSSR count). The maximum Gasteiger partial charge on any atom is 0.204 e. The van der Waals surface area contributed by atoms with E-state index >= 15 is 0 Å². The Morgan fingerprint density at radius 2 is 1.58 bits per heavy atom. The number of hydrogen-bond donors (Lipinski definition) is 0. The zero-order chi connectivity index (χ0) is 21.4. The highest BCUT2D eigenvalue weighted by Gasteiger charge is 2.23. The molecule has 6 heteroatoms. The summed E-state index contributed by atoms with van der Waals surface area (Å²) in [5.74, 6) is 0.456. The molecule has 5 aromatic rings. The van der Waals surface area contributed by atoms with E-state index in [9.17, 15) is 4.79 Å². The molecule has 0 saturated heterocycles. The molecule has 0 aliphatic rings. The van der Waals surface area contributed by atoms with Crippen molar-refractivity contribution in [2.24, 2.45) is 7.05 Å². The average Bonchev–Trinajstić information content (AvgIpc) is 3.37. The fourth-order valence-electron chi connectivity index (χ4n) is 3.95. The molecule has 0 atom stereocenters. The molecule has 152 valence electrons. The molecule has 0 amide bonds. The summed E-state index contributed by atoms with van der Waals surface area (Å²) >= 11 is 0. The normalized spacial score (nSPS) is 11.2. The van der Waals surface area contributed by atoms with Gasteiger partial charge in [-0.15, -0.1) is 10.2 Å². The van der Waals surface area contributed by atoms with Gasteiger partial charge in [0.25, 0.3) is 0 Å². The Hall–Kier alpha value is -4.06. The minimum atomic E-state index is -0.0523. The van der Waals surface area contributed by atoms with Crippen LogP contribution in [0, 0.1) is 6.92 Å². The van der Waals surface area contributed by atoms with Crippen molar-refractivity contribution in [3.63, 3.8) is 0 Å². The number of aromatic nitrogens is 5. The van der Waals surface area contributed by atoms with Gasteiger partial charge in [0.2, 0.25) is 5.82 Å². The lowest BCUT2D eigenvalue weighted by Gasteiger charge is -2.07. The summed E-state index contributed by atoms with van der Waals surface area (Å²) in [6, 6.07) is 25.9. The van der Waals surface area contributed by atoms with E-state index < -0.39 is 0 Å². The van der Waals surface area contributed by atoms with Crippen LogP contribution in [-0.2, 0) is 13.6 Å². The first-order valence-electron chi connectivity index (χ1n) is 10.1. The van der Waals surface area contributed by atoms with Crippen molar-refractivity contribution < 1.29 is 4.79 Å². The number of carbonyl (C=O) groups excluding carboxylic acids is 1. The number of ketones is 1. The number of benzene rings is 3. The lowest BCUT2D eigenvalue weighted by molar-refractivity contribution is 0.0963. The highest BCUT2D eigenvalue weighted by atomic mass is 16.1. The molecule has 2 heterocycles. The molecule has 0 aliphatic heterocycles. The van der Waals surface area contributed by atoms with Crippen molar-refractivity contribution in [1.82, 2.24) is 24.8 Å². The Balaban J connectivity index is 1.54. The Bertz CT molecular complexity index is 1380. The molecule has 0 saturated carbocycles. The van der Waals surface area contributed by atoms with E-state index in [4.69, 9.17) is 0 Å². The number of hydrogen-bond acceptors (Lipinski definition) is 4. The van der Waals surface area contributed by atoms with Crippen LogP contribution < -0.4 is 0 Å². The summed E-state index contributed by atoms with van der Waals surface area (Å²) < 4.78 is 2.07. The van der Waals surface area contributed by atoms with Crippen LogP contribution in [0.25, 0.3) is 33.5 Å². The van der Waals surface area contributed by atoms with Crippen LogP contribution in [0.15, 0.2) is 78.9 Å². The Morgan fingerprint density at radius 1 is 0.871 bits per heavy atom. The number of Topliss-reactive ketones (excluding diaryl/α,β-unsaturated/α-hetero) is 1. The number of fused-ring (bicyclic) bond motifs is 1. The first-order valence-corrected chi connectivity index (χ1v) is 10.1. The zero-order valence-corrected chi connectivity index (χ0v) is 17.4. The quantitative estimate of drug-likeness (QED) is 0.397. The van der Waals surface area contributed by atoms with Gasteiger partial charge in [-0.25, -0.2) is 0 Å². The van der Waals surface area contributed by atoms with E-state index in [-0.39, 0.29) is 12.3 Å². The van der Waals surface area contributed by atoms with E-state index in [1.807, 2.05) is 92.8 Å². The van der Waals surface area contributed by atoms with Gasteiger partial charge < -0.3 is 4.57 Å². The molecular weight excluding hydrogens is 386 g/mol. The lowest BCUT2D eigenvalue weighted by atomic mass is 10.0. The van der Waals surface area contributed by atoms with Gasteiger partial charge in [-0.05, 0) is 23.8 Å². The van der Waals surface area contributed by atoms with E-state index in [0.29, 0.717) is 11.4 Å². The summed E-state index contributed by atoms with van der Waals surface area (Å²) in [7, 11) is 1.99. The van der Waals surface area contributed by atoms with Crippen LogP contribution in [0.5, 0.6) is 0 Å². The Morgan fingerprint density at radius 3 is 2.35 bits per heavy atom. The predicted molar refractivity (Wildman–Crippen MR) is 121 cm³/mol. The molecule has 0 radical (unpaired) electrons. The van der Waals surface area contributed by atoms with Crippen LogP contribution in [0.2, 0.25) is 0 Å². The van der Waals surface area contributed by atoms with E-state index in [0.717, 1.165) is 33.3 Å². The minimum absolute atomic E-state index is 0.0205. The van der Waals surface area contributed by atoms with Crippen LogP contribution >= 0.6 is 0 Å². The highest BCUT2D eigenvalue weighted by molar-refractivity contribution is 6.13. The Kier molecular flexibility index (Phi) is 4.67. The fourth-order valence-corrected chi connectivity index (χ4v) is 3.95. The molecule has 0 N–H and O–H groups in total. The third kappa shape index (κ3) is 3.42. The molecule has 6 nitrogen and oxygen atoms in total. The van der Waals surface area contributed by atoms with Crippen molar-refractivity contribution in [1.29, 1.82) is 0 Å². The number of nitrogens with zero attached hydrogens (tertiary/aromatic N) is 5. The summed E-state index contributed by atoms with van der Waals surface area (Å²) in [6.07, 6.45) is 0. The molecule has 2 aromatic heterocycles. The van der Waals surface area contributed by atoms with Gasteiger partial charge in [0.15, 0.2) is 5.78 Å². The number of carbonyl (C=O) groups is 1. The largest absolute Gasteiger partial charge is 0.343 e. The lowest BCUT2D eigenvalue weighted by Crippen LogP contribution is -2.14. The smallest absolute Gasteiger partial charge is 0.204 e. The molecule has 0 aliphatic carbocycles. The highest BCUT2D eigenvalue weighted by Crippen LogP contribution is 2.33. The van der Waals surface area contributed by atoms with E-state index in [2.05, 4.69) is 20.0 Å². The molecule has 0 unspecified atom stereocenters. The van der Waals surface area contributed by atoms with Crippen molar-refractivity contribution in [2.75, 3.05) is 0 Å². The molecule has 3 aromatic carbocycles. The van der Waals surface area contributed by atoms with Gasteiger partial charge in [0.1, 0.15) is 6.54 Å². The summed E-state index contributed by atoms with van der Waals surface area (Å²) in [5.41, 5.74) is 5.62. The van der Waals surface area contributed by atoms with Crippen LogP contribution in [-0.4, -0.2) is 30.6 Å². The minimum Gasteiger partial charge on any atom is -0.343 e. The number of rotatable bonds is 5. The maximum absolute atomic E-state index is 13.5. The van der Waals surface area contributed by atoms with Gasteiger partial charge in [-0.3, -0.25) is 4.79 Å². The standard InChI is InChI=1S/C25H21N5O/c1-17-12-14-19(15-13-17)25-26-28-30(27-25)16-22(31)23-20-10-6-7-11-21(20)29(2)24(23)18-8-4-3-5-9-18/h3-15H,16H2,1-2H3. The molecule has 31 heavy (non-hydrogen) atoms. The fraction of sp³-hybridized carbons (Fsp3) is 0.120. The second kappa shape index (κ2) is 7.65. The van der Waals surface area contributed by atoms with Crippen molar-refractivity contribution in [2.45, 2.75) is 13.5 Å². The summed E-state index contributed by atoms with van der Waals surface area (Å²) in [5, 5.41) is 13.6. The molecular formula is C25H21N5O. The number of para-hydroxylation sites is 1. The first kappa shape index (κ1) is 18.9. The first-order chi connectivity index (χ1) is 15.1. The van der Waals surface area contributed by atoms with Gasteiger partial charge in [-0.2, -0.15) is 4.80 Å². The van der Waals surface area contributed by atoms with Crippen LogP contribution in [0.4, 0.5) is 0 Å². The van der Waals surface area contributed by atoms with Crippen molar-refractivity contribution >= 4 is 16.7 Å². The average molecular weight is 407 g/mol. The maximum atomic E-state index is 13.5. The van der Waals surface area contributed by atoms with Crippen molar-refractivity contribution in [3.05, 3.63) is 90.0 Å². The molecule has 0 spiro atoms. The monoisotopic (exact) mass is 407 g/mol. The van der Waals surface area contributed by atoms with Crippen molar-refractivity contribution in [3.8, 4) is 22.6 Å². The van der Waals surface area contributed by atoms with Gasteiger partial charge >= 0.3 is 0 Å². The molecule has 0 bridgehead atoms. The van der Waals surface area contributed by atoms with Crippen LogP contribution in [0.1, 0.15) is 15.9 Å². The zero-order valence-electron chi connectivity index (χ0n) is 17.4. The number of tetrazole rings is 1. The topological polar surface area (TPSA) is 65.6 Å². The third-order valence-corrected chi connectivity index (χ3v) is 5.48. The van der Waals surface area contributed by atoms with E-state index in [1.54, 1.807) is 0 Å². The van der Waals surface area contributed by atoms with Gasteiger partial charge in [0, 0.05) is 23.5 Å². The summed E-state index contributed by atoms with van der Waals surface area (Å²) in [4.78, 5) is 14.9. The summed E-state index contributed by atoms with van der Waals surface area (Å²) in [6.45, 7) is 2.05. The third-order valence-electron chi connectivity index (χ3n) is 5.48.